The van der Waals surface area contributed by atoms with E-state index in [0.717, 1.165) is 0 Å². The van der Waals surface area contributed by atoms with Crippen LogP contribution >= 0.6 is 23.5 Å². The van der Waals surface area contributed by atoms with Gasteiger partial charge in [-0.3, -0.25) is 14.4 Å². The summed E-state index contributed by atoms with van der Waals surface area (Å²) in [6.45, 7) is 2.71. The van der Waals surface area contributed by atoms with Crippen molar-refractivity contribution in [2.24, 2.45) is 5.73 Å². The normalized spacial score (nSPS) is 16.1. The molecule has 7 N–H and O–H groups in total. The number of nitrogens with one attached hydrogen (secondary N) is 3. The van der Waals surface area contributed by atoms with Gasteiger partial charge in [0.25, 0.3) is 0 Å². The summed E-state index contributed by atoms with van der Waals surface area (Å²) in [4.78, 5) is 48.0. The summed E-state index contributed by atoms with van der Waals surface area (Å²) in [5, 5.41) is 26.2. The molecule has 0 aliphatic carbocycles. The van der Waals surface area contributed by atoms with Gasteiger partial charge in [0.15, 0.2) is 0 Å². The van der Waals surface area contributed by atoms with Gasteiger partial charge in [-0.05, 0) is 50.7 Å². The molecular formula is C17H32N4O6S2. The van der Waals surface area contributed by atoms with Gasteiger partial charge in [0.1, 0.15) is 18.1 Å². The molecule has 10 nitrogen and oxygen atoms in total. The highest BCUT2D eigenvalue weighted by atomic mass is 32.2. The number of aliphatic carboxylic acids is 1. The Kier molecular flexibility index (Phi) is 13.7. The van der Waals surface area contributed by atoms with E-state index in [2.05, 4.69) is 16.0 Å². The summed E-state index contributed by atoms with van der Waals surface area (Å²) in [5.41, 5.74) is 5.76. The minimum Gasteiger partial charge on any atom is -0.480 e. The van der Waals surface area contributed by atoms with Crippen molar-refractivity contribution in [1.82, 2.24) is 16.0 Å². The molecular weight excluding hydrogens is 420 g/mol. The van der Waals surface area contributed by atoms with Crippen LogP contribution in [-0.2, 0) is 19.2 Å². The quantitative estimate of drug-likeness (QED) is 0.189. The van der Waals surface area contributed by atoms with Crippen LogP contribution in [0.15, 0.2) is 0 Å². The number of amides is 3. The highest BCUT2D eigenvalue weighted by Gasteiger charge is 2.30. The third kappa shape index (κ3) is 10.7. The number of thioether (sulfide) groups is 2. The third-order valence-electron chi connectivity index (χ3n) is 4.01. The molecule has 0 rings (SSSR count). The van der Waals surface area contributed by atoms with Crippen LogP contribution in [0.3, 0.4) is 0 Å². The maximum absolute atomic E-state index is 12.4. The van der Waals surface area contributed by atoms with E-state index in [4.69, 9.17) is 5.73 Å². The Balaban J connectivity index is 4.89. The first kappa shape index (κ1) is 27.5. The molecule has 0 aliphatic rings. The molecule has 0 saturated carbocycles. The second kappa shape index (κ2) is 14.5. The van der Waals surface area contributed by atoms with Gasteiger partial charge in [-0.2, -0.15) is 23.5 Å². The molecule has 0 aromatic carbocycles. The Morgan fingerprint density at radius 3 is 1.93 bits per heavy atom. The van der Waals surface area contributed by atoms with E-state index in [1.54, 1.807) is 0 Å². The number of aliphatic hydroxyl groups is 1. The first-order valence-electron chi connectivity index (χ1n) is 9.10. The molecule has 0 aromatic heterocycles. The maximum Gasteiger partial charge on any atom is 0.326 e. The van der Waals surface area contributed by atoms with Crippen molar-refractivity contribution in [3.63, 3.8) is 0 Å². The van der Waals surface area contributed by atoms with E-state index in [9.17, 15) is 29.4 Å². The molecule has 0 heterocycles. The summed E-state index contributed by atoms with van der Waals surface area (Å²) in [7, 11) is 0. The molecule has 0 aromatic rings. The first-order valence-corrected chi connectivity index (χ1v) is 11.9. The highest BCUT2D eigenvalue weighted by molar-refractivity contribution is 7.98. The van der Waals surface area contributed by atoms with Crippen molar-refractivity contribution in [2.75, 3.05) is 24.0 Å². The van der Waals surface area contributed by atoms with Gasteiger partial charge < -0.3 is 31.9 Å². The predicted molar refractivity (Wildman–Crippen MR) is 115 cm³/mol. The number of rotatable bonds is 14. The lowest BCUT2D eigenvalue weighted by Crippen LogP contribution is -2.59. The number of carbonyl (C=O) groups is 4. The lowest BCUT2D eigenvalue weighted by atomic mass is 10.1. The van der Waals surface area contributed by atoms with E-state index < -0.39 is 54.0 Å². The number of hydrogen-bond acceptors (Lipinski definition) is 8. The Morgan fingerprint density at radius 2 is 1.45 bits per heavy atom. The largest absolute Gasteiger partial charge is 0.480 e. The first-order chi connectivity index (χ1) is 13.5. The van der Waals surface area contributed by atoms with Crippen molar-refractivity contribution in [2.45, 2.75) is 57.0 Å². The fourth-order valence-electron chi connectivity index (χ4n) is 2.20. The number of aliphatic hydroxyl groups excluding tert-OH is 1. The minimum atomic E-state index is -1.30. The van der Waals surface area contributed by atoms with Gasteiger partial charge in [-0.25, -0.2) is 4.79 Å². The van der Waals surface area contributed by atoms with Crippen molar-refractivity contribution < 1.29 is 29.4 Å². The van der Waals surface area contributed by atoms with E-state index in [1.165, 1.54) is 37.4 Å². The summed E-state index contributed by atoms with van der Waals surface area (Å²) in [6, 6.07) is -4.27. The molecule has 0 radical (unpaired) electrons. The summed E-state index contributed by atoms with van der Waals surface area (Å²) >= 11 is 2.98. The van der Waals surface area contributed by atoms with Crippen LogP contribution in [0.4, 0.5) is 0 Å². The number of nitrogens with two attached hydrogens (primary N) is 1. The second-order valence-electron chi connectivity index (χ2n) is 6.53. The second-order valence-corrected chi connectivity index (χ2v) is 8.50. The zero-order valence-corrected chi connectivity index (χ0v) is 18.8. The Bertz CT molecular complexity index is 564. The molecule has 168 valence electrons. The zero-order valence-electron chi connectivity index (χ0n) is 17.1. The zero-order chi connectivity index (χ0) is 22.6. The molecule has 0 bridgehead atoms. The van der Waals surface area contributed by atoms with Crippen molar-refractivity contribution in [3.8, 4) is 0 Å². The summed E-state index contributed by atoms with van der Waals surface area (Å²) < 4.78 is 0. The Morgan fingerprint density at radius 1 is 0.897 bits per heavy atom. The van der Waals surface area contributed by atoms with E-state index in [-0.39, 0.29) is 6.42 Å². The fourth-order valence-corrected chi connectivity index (χ4v) is 3.16. The molecule has 0 spiro atoms. The fraction of sp³-hybridized carbons (Fsp3) is 0.765. The molecule has 0 saturated heterocycles. The summed E-state index contributed by atoms with van der Waals surface area (Å²) in [5.74, 6) is -1.99. The standard InChI is InChI=1S/C17H32N4O6S2/c1-9(14(23)20-12(17(26)27)6-8-29-4)19-16(25)13(10(2)22)21-15(24)11(18)5-7-28-3/h9-13,22H,5-8,18H2,1-4H3,(H,19,25)(H,20,23)(H,21,24)(H,26,27). The van der Waals surface area contributed by atoms with Crippen molar-refractivity contribution in [3.05, 3.63) is 0 Å². The van der Waals surface area contributed by atoms with Crippen molar-refractivity contribution in [1.29, 1.82) is 0 Å². The van der Waals surface area contributed by atoms with Gasteiger partial charge in [-0.15, -0.1) is 0 Å². The average molecular weight is 453 g/mol. The van der Waals surface area contributed by atoms with Gasteiger partial charge in [-0.1, -0.05) is 0 Å². The van der Waals surface area contributed by atoms with Gasteiger partial charge in [0.2, 0.25) is 17.7 Å². The van der Waals surface area contributed by atoms with Crippen molar-refractivity contribution >= 4 is 47.2 Å². The number of carboxylic acids is 1. The van der Waals surface area contributed by atoms with Crippen LogP contribution < -0.4 is 21.7 Å². The van der Waals surface area contributed by atoms with Gasteiger partial charge in [0.05, 0.1) is 12.1 Å². The van der Waals surface area contributed by atoms with E-state index >= 15 is 0 Å². The van der Waals surface area contributed by atoms with Crippen LogP contribution in [0.5, 0.6) is 0 Å². The van der Waals surface area contributed by atoms with Crippen LogP contribution in [0.1, 0.15) is 26.7 Å². The maximum atomic E-state index is 12.4. The highest BCUT2D eigenvalue weighted by Crippen LogP contribution is 2.03. The SMILES string of the molecule is CSCCC(N)C(=O)NC(C(=O)NC(C)C(=O)NC(CCSC)C(=O)O)C(C)O. The van der Waals surface area contributed by atoms with E-state index in [0.29, 0.717) is 17.9 Å². The number of carbonyl (C=O) groups excluding carboxylic acids is 3. The molecule has 12 heteroatoms. The molecule has 3 amide bonds. The van der Waals surface area contributed by atoms with Gasteiger partial charge in [0, 0.05) is 0 Å². The van der Waals surface area contributed by atoms with Crippen LogP contribution in [0.25, 0.3) is 0 Å². The molecule has 29 heavy (non-hydrogen) atoms. The minimum absolute atomic E-state index is 0.239. The number of carboxylic acid groups (broad SMARTS) is 1. The van der Waals surface area contributed by atoms with E-state index in [1.807, 2.05) is 12.5 Å². The number of hydrogen-bond donors (Lipinski definition) is 6. The topological polar surface area (TPSA) is 171 Å². The van der Waals surface area contributed by atoms with Crippen LogP contribution in [0.2, 0.25) is 0 Å². The van der Waals surface area contributed by atoms with Crippen LogP contribution in [-0.4, -0.2) is 88.2 Å². The molecule has 0 aliphatic heterocycles. The monoisotopic (exact) mass is 452 g/mol. The lowest BCUT2D eigenvalue weighted by molar-refractivity contribution is -0.142. The average Bonchev–Trinajstić information content (AvgIpc) is 2.65. The smallest absolute Gasteiger partial charge is 0.326 e. The molecule has 5 atom stereocenters. The molecule has 5 unspecified atom stereocenters. The third-order valence-corrected chi connectivity index (χ3v) is 5.30. The van der Waals surface area contributed by atoms with Gasteiger partial charge >= 0.3 is 5.97 Å². The lowest BCUT2D eigenvalue weighted by Gasteiger charge is -2.25. The summed E-state index contributed by atoms with van der Waals surface area (Å²) in [6.07, 6.45) is 3.12. The Labute approximate surface area is 179 Å². The predicted octanol–water partition coefficient (Wildman–Crippen LogP) is -1.24. The van der Waals surface area contributed by atoms with Crippen LogP contribution in [0, 0.1) is 0 Å². The molecule has 0 fully saturated rings. The Hall–Kier alpha value is -1.50.